The molecule has 1 rings (SSSR count). The fourth-order valence-corrected chi connectivity index (χ4v) is 1.88. The molecule has 1 N–H and O–H groups in total. The topological polar surface area (TPSA) is 20.2 Å². The normalized spacial score (nSPS) is 13.3. The fraction of sp³-hybridized carbons (Fsp3) is 0.364. The minimum Gasteiger partial charge on any atom is -0.388 e. The van der Waals surface area contributed by atoms with Crippen molar-refractivity contribution in [3.63, 3.8) is 0 Å². The van der Waals surface area contributed by atoms with Gasteiger partial charge >= 0.3 is 0 Å². The van der Waals surface area contributed by atoms with Crippen molar-refractivity contribution >= 4 is 11.8 Å². The summed E-state index contributed by atoms with van der Waals surface area (Å²) >= 11 is 1.82. The number of hydrogen-bond donors (Lipinski definition) is 1. The highest BCUT2D eigenvalue weighted by atomic mass is 32.2. The monoisotopic (exact) mass is 195 g/mol. The van der Waals surface area contributed by atoms with Crippen LogP contribution in [0.4, 0.5) is 0 Å². The molecule has 0 aromatic heterocycles. The molecule has 1 unspecified atom stereocenters. The van der Waals surface area contributed by atoms with Crippen LogP contribution in [0.5, 0.6) is 0 Å². The Kier molecular flexibility index (Phi) is 3.82. The van der Waals surface area contributed by atoms with Gasteiger partial charge in [0.1, 0.15) is 0 Å². The molecule has 0 saturated carbocycles. The fourth-order valence-electron chi connectivity index (χ4n) is 1.04. The van der Waals surface area contributed by atoms with E-state index in [4.69, 9.17) is 0 Å². The van der Waals surface area contributed by atoms with Gasteiger partial charge in [0.25, 0.3) is 0 Å². The minimum absolute atomic E-state index is 0.593. The molecule has 0 aliphatic heterocycles. The van der Waals surface area contributed by atoms with E-state index in [9.17, 15) is 5.11 Å². The van der Waals surface area contributed by atoms with E-state index in [1.807, 2.05) is 36.0 Å². The van der Waals surface area contributed by atoms with E-state index >= 15 is 0 Å². The molecular formula is C11H15OS. The maximum atomic E-state index is 9.18. The third-order valence-corrected chi connectivity index (χ3v) is 2.65. The van der Waals surface area contributed by atoms with E-state index in [-0.39, 0.29) is 0 Å². The number of hydrogen-bond acceptors (Lipinski definition) is 2. The van der Waals surface area contributed by atoms with E-state index in [0.717, 1.165) is 5.56 Å². The third-order valence-electron chi connectivity index (χ3n) is 1.64. The lowest BCUT2D eigenvalue weighted by Crippen LogP contribution is -1.91. The lowest BCUT2D eigenvalue weighted by atomic mass is 10.1. The highest BCUT2D eigenvalue weighted by molar-refractivity contribution is 7.99. The molecule has 1 atom stereocenters. The molecule has 0 aliphatic carbocycles. The van der Waals surface area contributed by atoms with Gasteiger partial charge in [0.05, 0.1) is 6.10 Å². The molecule has 2 heteroatoms. The zero-order valence-electron chi connectivity index (χ0n) is 8.03. The van der Waals surface area contributed by atoms with Gasteiger partial charge in [0, 0.05) is 10.1 Å². The van der Waals surface area contributed by atoms with Crippen molar-refractivity contribution in [3.05, 3.63) is 36.8 Å². The van der Waals surface area contributed by atoms with Crippen LogP contribution in [-0.4, -0.2) is 10.4 Å². The molecule has 0 heterocycles. The van der Waals surface area contributed by atoms with Gasteiger partial charge in [-0.1, -0.05) is 26.0 Å². The van der Waals surface area contributed by atoms with E-state index in [1.54, 1.807) is 0 Å². The van der Waals surface area contributed by atoms with E-state index in [2.05, 4.69) is 20.8 Å². The smallest absolute Gasteiger partial charge is 0.0791 e. The number of thioether (sulfide) groups is 1. The van der Waals surface area contributed by atoms with Crippen molar-refractivity contribution in [1.29, 1.82) is 0 Å². The molecule has 0 aliphatic rings. The Hall–Kier alpha value is -0.470. The van der Waals surface area contributed by atoms with Crippen LogP contribution in [-0.2, 0) is 0 Å². The van der Waals surface area contributed by atoms with Gasteiger partial charge in [0.2, 0.25) is 0 Å². The standard InChI is InChI=1S/C11H15OS/c1-8(2)13-11-6-4-10(5-7-11)9(3)12/h4-9,12H,3H2,1-2H3. The Labute approximate surface area is 84.2 Å². The first-order valence-electron chi connectivity index (χ1n) is 4.37. The molecule has 1 nitrogen and oxygen atoms in total. The minimum atomic E-state index is -0.613. The number of aliphatic hydroxyl groups is 1. The van der Waals surface area contributed by atoms with Crippen LogP contribution in [0.25, 0.3) is 0 Å². The van der Waals surface area contributed by atoms with Crippen LogP contribution in [0, 0.1) is 6.92 Å². The summed E-state index contributed by atoms with van der Waals surface area (Å²) in [6, 6.07) is 7.88. The van der Waals surface area contributed by atoms with Gasteiger partial charge in [-0.25, -0.2) is 0 Å². The molecule has 0 amide bonds. The van der Waals surface area contributed by atoms with Gasteiger partial charge in [-0.2, -0.15) is 0 Å². The van der Waals surface area contributed by atoms with Crippen LogP contribution < -0.4 is 0 Å². The van der Waals surface area contributed by atoms with Crippen molar-refractivity contribution in [1.82, 2.24) is 0 Å². The second-order valence-electron chi connectivity index (χ2n) is 3.25. The summed E-state index contributed by atoms with van der Waals surface area (Å²) in [6.45, 7) is 7.87. The molecule has 0 fully saturated rings. The zero-order valence-corrected chi connectivity index (χ0v) is 8.84. The quantitative estimate of drug-likeness (QED) is 0.748. The zero-order chi connectivity index (χ0) is 9.84. The molecule has 1 radical (unpaired) electrons. The molecule has 1 aromatic rings. The predicted octanol–water partition coefficient (Wildman–Crippen LogP) is 3.05. The maximum absolute atomic E-state index is 9.18. The highest BCUT2D eigenvalue weighted by Crippen LogP contribution is 2.24. The number of aliphatic hydroxyl groups excluding tert-OH is 1. The second kappa shape index (κ2) is 4.68. The van der Waals surface area contributed by atoms with Gasteiger partial charge in [-0.3, -0.25) is 0 Å². The Bertz CT molecular complexity index is 251. The highest BCUT2D eigenvalue weighted by Gasteiger charge is 2.01. The maximum Gasteiger partial charge on any atom is 0.0791 e. The van der Waals surface area contributed by atoms with E-state index in [0.29, 0.717) is 5.25 Å². The molecule has 71 valence electrons. The molecule has 1 aromatic carbocycles. The molecule has 0 spiro atoms. The molecule has 0 bridgehead atoms. The average molecular weight is 195 g/mol. The van der Waals surface area contributed by atoms with Crippen LogP contribution in [0.3, 0.4) is 0 Å². The van der Waals surface area contributed by atoms with Crippen LogP contribution in [0.2, 0.25) is 0 Å². The predicted molar refractivity (Wildman–Crippen MR) is 57.8 cm³/mol. The summed E-state index contributed by atoms with van der Waals surface area (Å²) in [4.78, 5) is 1.24. The number of rotatable bonds is 3. The van der Waals surface area contributed by atoms with E-state index < -0.39 is 6.10 Å². The summed E-state index contributed by atoms with van der Waals surface area (Å²) < 4.78 is 0. The number of benzene rings is 1. The Morgan fingerprint density at radius 2 is 1.77 bits per heavy atom. The van der Waals surface area contributed by atoms with Crippen LogP contribution in [0.1, 0.15) is 25.5 Å². The molecule has 13 heavy (non-hydrogen) atoms. The van der Waals surface area contributed by atoms with Crippen molar-refractivity contribution in [2.45, 2.75) is 30.1 Å². The second-order valence-corrected chi connectivity index (χ2v) is 4.90. The summed E-state index contributed by atoms with van der Waals surface area (Å²) in [5, 5.41) is 9.77. The van der Waals surface area contributed by atoms with Gasteiger partial charge < -0.3 is 5.11 Å². The Balaban J connectivity index is 2.70. The van der Waals surface area contributed by atoms with Crippen molar-refractivity contribution in [2.24, 2.45) is 0 Å². The van der Waals surface area contributed by atoms with Gasteiger partial charge in [-0.15, -0.1) is 11.8 Å². The van der Waals surface area contributed by atoms with E-state index in [1.165, 1.54) is 4.90 Å². The van der Waals surface area contributed by atoms with Crippen molar-refractivity contribution < 1.29 is 5.11 Å². The SMILES string of the molecule is [CH2]C(O)c1ccc(SC(C)C)cc1. The lowest BCUT2D eigenvalue weighted by Gasteiger charge is -2.07. The van der Waals surface area contributed by atoms with Crippen molar-refractivity contribution in [2.75, 3.05) is 0 Å². The average Bonchev–Trinajstić information content (AvgIpc) is 2.04. The first-order valence-corrected chi connectivity index (χ1v) is 5.25. The lowest BCUT2D eigenvalue weighted by molar-refractivity contribution is 0.226. The Morgan fingerprint density at radius 1 is 1.23 bits per heavy atom. The van der Waals surface area contributed by atoms with Gasteiger partial charge in [0.15, 0.2) is 0 Å². The molecule has 0 saturated heterocycles. The van der Waals surface area contributed by atoms with Crippen molar-refractivity contribution in [3.8, 4) is 0 Å². The van der Waals surface area contributed by atoms with Crippen LogP contribution >= 0.6 is 11.8 Å². The molecular weight excluding hydrogens is 180 g/mol. The third kappa shape index (κ3) is 3.41. The first-order chi connectivity index (χ1) is 6.09. The Morgan fingerprint density at radius 3 is 2.15 bits per heavy atom. The van der Waals surface area contributed by atoms with Gasteiger partial charge in [-0.05, 0) is 24.6 Å². The summed E-state index contributed by atoms with van der Waals surface area (Å²) in [5.41, 5.74) is 0.869. The summed E-state index contributed by atoms with van der Waals surface area (Å²) in [7, 11) is 0. The summed E-state index contributed by atoms with van der Waals surface area (Å²) in [6.07, 6.45) is -0.613. The largest absolute Gasteiger partial charge is 0.388 e. The summed E-state index contributed by atoms with van der Waals surface area (Å²) in [5.74, 6) is 0. The van der Waals surface area contributed by atoms with Crippen LogP contribution in [0.15, 0.2) is 29.2 Å². The first kappa shape index (κ1) is 10.6.